The number of hydrogen-bond acceptors (Lipinski definition) is 3. The summed E-state index contributed by atoms with van der Waals surface area (Å²) in [5.41, 5.74) is 2.74. The van der Waals surface area contributed by atoms with Crippen LogP contribution in [0.5, 0.6) is 0 Å². The molecule has 4 heteroatoms. The highest BCUT2D eigenvalue weighted by Crippen LogP contribution is 2.25. The second kappa shape index (κ2) is 5.77. The van der Waals surface area contributed by atoms with Crippen molar-refractivity contribution in [1.29, 1.82) is 0 Å². The molecule has 0 bridgehead atoms. The van der Waals surface area contributed by atoms with E-state index in [1.54, 1.807) is 12.1 Å². The largest absolute Gasteiger partial charge is 0.387 e. The topological polar surface area (TPSA) is 54.4 Å². The van der Waals surface area contributed by atoms with Gasteiger partial charge in [0.15, 0.2) is 9.84 Å². The van der Waals surface area contributed by atoms with E-state index in [0.29, 0.717) is 5.56 Å². The van der Waals surface area contributed by atoms with E-state index in [-0.39, 0.29) is 0 Å². The van der Waals surface area contributed by atoms with Gasteiger partial charge >= 0.3 is 0 Å². The van der Waals surface area contributed by atoms with Crippen LogP contribution >= 0.6 is 0 Å². The van der Waals surface area contributed by atoms with Crippen LogP contribution in [0.2, 0.25) is 0 Å². The Bertz CT molecular complexity index is 661. The Balaban J connectivity index is 2.25. The van der Waals surface area contributed by atoms with Crippen molar-refractivity contribution in [3.63, 3.8) is 0 Å². The molecule has 0 aliphatic rings. The van der Waals surface area contributed by atoms with Gasteiger partial charge in [0.05, 0.1) is 11.4 Å². The molecule has 0 fully saturated rings. The van der Waals surface area contributed by atoms with Crippen LogP contribution in [0.3, 0.4) is 0 Å². The van der Waals surface area contributed by atoms with Crippen LogP contribution in [-0.2, 0) is 9.84 Å². The third kappa shape index (κ3) is 3.26. The normalized spacial score (nSPS) is 14.8. The molecule has 0 unspecified atom stereocenters. The minimum Gasteiger partial charge on any atom is -0.387 e. The quantitative estimate of drug-likeness (QED) is 0.942. The van der Waals surface area contributed by atoms with Gasteiger partial charge in [-0.15, -0.1) is 0 Å². The summed E-state index contributed by atoms with van der Waals surface area (Å²) in [5.74, 6) is 0. The second-order valence-electron chi connectivity index (χ2n) is 4.97. The molecule has 106 valence electrons. The van der Waals surface area contributed by atoms with E-state index in [1.807, 2.05) is 42.5 Å². The minimum absolute atomic E-state index is 0.614. The molecule has 0 radical (unpaired) electrons. The van der Waals surface area contributed by atoms with Crippen molar-refractivity contribution in [3.05, 3.63) is 60.2 Å². The summed E-state index contributed by atoms with van der Waals surface area (Å²) in [6.07, 6.45) is 0.133. The van der Waals surface area contributed by atoms with Gasteiger partial charge in [-0.2, -0.15) is 0 Å². The number of rotatable bonds is 4. The summed E-state index contributed by atoms with van der Waals surface area (Å²) >= 11 is 0. The van der Waals surface area contributed by atoms with Crippen molar-refractivity contribution in [3.8, 4) is 11.1 Å². The molecular formula is C16H18O3S. The maximum absolute atomic E-state index is 11.5. The molecular weight excluding hydrogens is 272 g/mol. The lowest BCUT2D eigenvalue weighted by Crippen LogP contribution is -2.24. The molecule has 2 atom stereocenters. The first-order valence-corrected chi connectivity index (χ1v) is 8.37. The van der Waals surface area contributed by atoms with Gasteiger partial charge in [-0.3, -0.25) is 0 Å². The van der Waals surface area contributed by atoms with Crippen LogP contribution in [0, 0.1) is 0 Å². The van der Waals surface area contributed by atoms with E-state index in [4.69, 9.17) is 0 Å². The molecule has 0 saturated carbocycles. The first kappa shape index (κ1) is 14.8. The molecule has 0 spiro atoms. The number of aliphatic hydroxyl groups excluding tert-OH is 1. The van der Waals surface area contributed by atoms with Gasteiger partial charge in [0.25, 0.3) is 0 Å². The zero-order chi connectivity index (χ0) is 14.8. The lowest BCUT2D eigenvalue weighted by atomic mass is 10.0. The van der Waals surface area contributed by atoms with Gasteiger partial charge < -0.3 is 5.11 Å². The molecule has 2 aromatic carbocycles. The molecule has 0 amide bonds. The average Bonchev–Trinajstić information content (AvgIpc) is 2.46. The molecule has 0 aromatic heterocycles. The van der Waals surface area contributed by atoms with E-state index < -0.39 is 21.2 Å². The minimum atomic E-state index is -3.26. The predicted octanol–water partition coefficient (Wildman–Crippen LogP) is 2.82. The molecule has 3 nitrogen and oxygen atoms in total. The van der Waals surface area contributed by atoms with Gasteiger partial charge in [-0.1, -0.05) is 54.6 Å². The summed E-state index contributed by atoms with van der Waals surface area (Å²) in [6.45, 7) is 1.52. The van der Waals surface area contributed by atoms with Crippen molar-refractivity contribution in [2.45, 2.75) is 18.3 Å². The molecule has 0 aliphatic heterocycles. The summed E-state index contributed by atoms with van der Waals surface area (Å²) in [5, 5.41) is 9.29. The first-order chi connectivity index (χ1) is 9.39. The van der Waals surface area contributed by atoms with E-state index >= 15 is 0 Å². The van der Waals surface area contributed by atoms with E-state index in [0.717, 1.165) is 17.4 Å². The van der Waals surface area contributed by atoms with Crippen LogP contribution < -0.4 is 0 Å². The molecule has 0 saturated heterocycles. The van der Waals surface area contributed by atoms with E-state index in [1.165, 1.54) is 6.92 Å². The summed E-state index contributed by atoms with van der Waals surface area (Å²) in [7, 11) is -3.26. The van der Waals surface area contributed by atoms with Gasteiger partial charge in [0, 0.05) is 6.26 Å². The summed E-state index contributed by atoms with van der Waals surface area (Å²) in [6, 6.07) is 17.2. The fourth-order valence-electron chi connectivity index (χ4n) is 2.01. The van der Waals surface area contributed by atoms with E-state index in [9.17, 15) is 13.5 Å². The summed E-state index contributed by atoms with van der Waals surface area (Å²) in [4.78, 5) is 0. The van der Waals surface area contributed by atoms with Crippen molar-refractivity contribution >= 4 is 9.84 Å². The molecule has 2 aromatic rings. The van der Waals surface area contributed by atoms with Crippen molar-refractivity contribution in [1.82, 2.24) is 0 Å². The second-order valence-corrected chi connectivity index (χ2v) is 7.37. The van der Waals surface area contributed by atoms with Crippen molar-refractivity contribution in [2.75, 3.05) is 6.26 Å². The maximum atomic E-state index is 11.5. The lowest BCUT2D eigenvalue weighted by molar-refractivity contribution is 0.176. The van der Waals surface area contributed by atoms with Crippen LogP contribution in [0.25, 0.3) is 11.1 Å². The predicted molar refractivity (Wildman–Crippen MR) is 81.1 cm³/mol. The standard InChI is InChI=1S/C16H18O3S/c1-12(20(2,18)19)16(17)15-10-8-14(9-11-15)13-6-4-3-5-7-13/h3-12,16-17H,1-2H3/t12-,16+/m1/s1. The van der Waals surface area contributed by atoms with Crippen molar-refractivity contribution < 1.29 is 13.5 Å². The van der Waals surface area contributed by atoms with Crippen LogP contribution in [0.4, 0.5) is 0 Å². The zero-order valence-electron chi connectivity index (χ0n) is 11.5. The van der Waals surface area contributed by atoms with Crippen molar-refractivity contribution in [2.24, 2.45) is 0 Å². The molecule has 2 rings (SSSR count). The Labute approximate surface area is 119 Å². The average molecular weight is 290 g/mol. The monoisotopic (exact) mass is 290 g/mol. The number of hydrogen-bond donors (Lipinski definition) is 1. The Morgan fingerprint density at radius 2 is 1.40 bits per heavy atom. The number of benzene rings is 2. The Hall–Kier alpha value is -1.65. The molecule has 1 N–H and O–H groups in total. The Morgan fingerprint density at radius 3 is 1.90 bits per heavy atom. The molecule has 0 aliphatic carbocycles. The Kier molecular flexibility index (Phi) is 4.26. The number of sulfone groups is 1. The fraction of sp³-hybridized carbons (Fsp3) is 0.250. The maximum Gasteiger partial charge on any atom is 0.152 e. The van der Waals surface area contributed by atoms with Gasteiger partial charge in [-0.05, 0) is 23.6 Å². The van der Waals surface area contributed by atoms with Crippen LogP contribution in [0.1, 0.15) is 18.6 Å². The number of aliphatic hydroxyl groups is 1. The van der Waals surface area contributed by atoms with Crippen LogP contribution in [-0.4, -0.2) is 25.0 Å². The Morgan fingerprint density at radius 1 is 0.900 bits per heavy atom. The highest BCUT2D eigenvalue weighted by Gasteiger charge is 2.25. The van der Waals surface area contributed by atoms with Gasteiger partial charge in [0.2, 0.25) is 0 Å². The highest BCUT2D eigenvalue weighted by molar-refractivity contribution is 7.91. The van der Waals surface area contributed by atoms with Gasteiger partial charge in [-0.25, -0.2) is 8.42 Å². The van der Waals surface area contributed by atoms with E-state index in [2.05, 4.69) is 0 Å². The molecule has 0 heterocycles. The zero-order valence-corrected chi connectivity index (χ0v) is 12.3. The summed E-state index contributed by atoms with van der Waals surface area (Å²) < 4.78 is 22.9. The smallest absolute Gasteiger partial charge is 0.152 e. The van der Waals surface area contributed by atoms with Crippen LogP contribution in [0.15, 0.2) is 54.6 Å². The SMILES string of the molecule is C[C@H]([C@H](O)c1ccc(-c2ccccc2)cc1)S(C)(=O)=O. The third-order valence-corrected chi connectivity index (χ3v) is 5.09. The lowest BCUT2D eigenvalue weighted by Gasteiger charge is -2.17. The first-order valence-electron chi connectivity index (χ1n) is 6.42. The fourth-order valence-corrected chi connectivity index (χ4v) is 2.63. The third-order valence-electron chi connectivity index (χ3n) is 3.48. The van der Waals surface area contributed by atoms with Gasteiger partial charge in [0.1, 0.15) is 0 Å². The highest BCUT2D eigenvalue weighted by atomic mass is 32.2. The molecule has 20 heavy (non-hydrogen) atoms.